The number of aromatic amines is 1. The lowest BCUT2D eigenvalue weighted by atomic mass is 10.1. The average molecular weight is 538 g/mol. The Hall–Kier alpha value is -3.51. The van der Waals surface area contributed by atoms with Gasteiger partial charge in [0.2, 0.25) is 0 Å². The van der Waals surface area contributed by atoms with Gasteiger partial charge in [-0.1, -0.05) is 0 Å². The highest BCUT2D eigenvalue weighted by Crippen LogP contribution is 2.57. The summed E-state index contributed by atoms with van der Waals surface area (Å²) in [5.74, 6) is 1.86. The molecule has 2 saturated carbocycles. The molecular formula is C26H31N7O4S. The van der Waals surface area contributed by atoms with Crippen LogP contribution in [0.25, 0.3) is 11.4 Å². The Kier molecular flexibility index (Phi) is 6.31. The van der Waals surface area contributed by atoms with Crippen LogP contribution in [-0.2, 0) is 25.9 Å². The summed E-state index contributed by atoms with van der Waals surface area (Å²) >= 11 is 0. The SMILES string of the molecule is C[C@H]1COCCN1c1cc(C2(S(=O)(=O)C3CC3)CC2)nc(-c2ccc(NC(=O)NCc3ncc[nH]3)cc2)n1. The van der Waals surface area contributed by atoms with Gasteiger partial charge in [0.05, 0.1) is 36.7 Å². The molecule has 3 fully saturated rings. The number of anilines is 2. The second-order valence-electron chi connectivity index (χ2n) is 10.2. The summed E-state index contributed by atoms with van der Waals surface area (Å²) in [6.07, 6.45) is 5.98. The van der Waals surface area contributed by atoms with Crippen LogP contribution in [0.5, 0.6) is 0 Å². The molecule has 11 nitrogen and oxygen atoms in total. The number of nitrogens with one attached hydrogen (secondary N) is 3. The maximum atomic E-state index is 13.4. The second kappa shape index (κ2) is 9.66. The van der Waals surface area contributed by atoms with Crippen LogP contribution in [0.15, 0.2) is 42.7 Å². The fourth-order valence-electron chi connectivity index (χ4n) is 4.95. The highest BCUT2D eigenvalue weighted by Gasteiger charge is 2.61. The summed E-state index contributed by atoms with van der Waals surface area (Å²) in [5.41, 5.74) is 1.94. The van der Waals surface area contributed by atoms with Gasteiger partial charge in [-0.3, -0.25) is 0 Å². The third kappa shape index (κ3) is 4.73. The van der Waals surface area contributed by atoms with Gasteiger partial charge >= 0.3 is 6.03 Å². The molecule has 1 aromatic carbocycles. The fraction of sp³-hybridized carbons (Fsp3) is 0.462. The zero-order valence-electron chi connectivity index (χ0n) is 21.2. The van der Waals surface area contributed by atoms with Crippen molar-refractivity contribution < 1.29 is 17.9 Å². The van der Waals surface area contributed by atoms with Crippen molar-refractivity contribution in [2.45, 2.75) is 55.2 Å². The van der Waals surface area contributed by atoms with Gasteiger partial charge in [0, 0.05) is 36.3 Å². The molecule has 1 saturated heterocycles. The molecule has 3 aliphatic rings. The molecule has 200 valence electrons. The van der Waals surface area contributed by atoms with E-state index in [2.05, 4.69) is 32.4 Å². The minimum atomic E-state index is -3.30. The minimum Gasteiger partial charge on any atom is -0.377 e. The van der Waals surface area contributed by atoms with Crippen LogP contribution < -0.4 is 15.5 Å². The molecule has 6 rings (SSSR count). The molecule has 3 N–H and O–H groups in total. The van der Waals surface area contributed by atoms with Crippen LogP contribution in [-0.4, -0.2) is 65.4 Å². The number of carbonyl (C=O) groups excluding carboxylic acids is 1. The first-order valence-electron chi connectivity index (χ1n) is 13.0. The maximum Gasteiger partial charge on any atom is 0.319 e. The Labute approximate surface area is 221 Å². The quantitative estimate of drug-likeness (QED) is 0.398. The summed E-state index contributed by atoms with van der Waals surface area (Å²) in [6.45, 7) is 4.21. The molecule has 38 heavy (non-hydrogen) atoms. The molecule has 0 spiro atoms. The first-order chi connectivity index (χ1) is 18.4. The molecule has 12 heteroatoms. The highest BCUT2D eigenvalue weighted by molar-refractivity contribution is 7.93. The summed E-state index contributed by atoms with van der Waals surface area (Å²) in [7, 11) is -3.30. The number of sulfone groups is 1. The Morgan fingerprint density at radius 3 is 2.66 bits per heavy atom. The predicted molar refractivity (Wildman–Crippen MR) is 142 cm³/mol. The summed E-state index contributed by atoms with van der Waals surface area (Å²) < 4.78 is 31.5. The van der Waals surface area contributed by atoms with Crippen molar-refractivity contribution in [1.29, 1.82) is 0 Å². The average Bonchev–Trinajstić information content (AvgIpc) is 3.86. The number of urea groups is 1. The normalized spacial score (nSPS) is 20.7. The Balaban J connectivity index is 1.27. The van der Waals surface area contributed by atoms with Gasteiger partial charge in [-0.2, -0.15) is 0 Å². The van der Waals surface area contributed by atoms with E-state index >= 15 is 0 Å². The monoisotopic (exact) mass is 537 g/mol. The van der Waals surface area contributed by atoms with Crippen LogP contribution >= 0.6 is 0 Å². The van der Waals surface area contributed by atoms with Crippen molar-refractivity contribution in [2.75, 3.05) is 30.0 Å². The zero-order valence-corrected chi connectivity index (χ0v) is 22.0. The zero-order chi connectivity index (χ0) is 26.3. The topological polar surface area (TPSA) is 142 Å². The van der Waals surface area contributed by atoms with E-state index in [1.807, 2.05) is 18.2 Å². The van der Waals surface area contributed by atoms with Crippen molar-refractivity contribution in [2.24, 2.45) is 0 Å². The van der Waals surface area contributed by atoms with Crippen molar-refractivity contribution in [3.05, 3.63) is 54.2 Å². The molecule has 2 amide bonds. The van der Waals surface area contributed by atoms with E-state index in [0.717, 1.165) is 24.2 Å². The van der Waals surface area contributed by atoms with Crippen LogP contribution in [0.4, 0.5) is 16.3 Å². The fourth-order valence-corrected chi connectivity index (χ4v) is 7.41. The number of carbonyl (C=O) groups is 1. The molecule has 0 bridgehead atoms. The summed E-state index contributed by atoms with van der Waals surface area (Å²) in [5, 5.41) is 5.30. The van der Waals surface area contributed by atoms with Gasteiger partial charge in [0.25, 0.3) is 0 Å². The van der Waals surface area contributed by atoms with Crippen LogP contribution in [0.2, 0.25) is 0 Å². The van der Waals surface area contributed by atoms with Gasteiger partial charge in [0.15, 0.2) is 15.7 Å². The molecule has 2 aliphatic carbocycles. The number of H-pyrrole nitrogens is 1. The van der Waals surface area contributed by atoms with E-state index in [1.165, 1.54) is 0 Å². The molecule has 1 aliphatic heterocycles. The van der Waals surface area contributed by atoms with Crippen LogP contribution in [0.3, 0.4) is 0 Å². The van der Waals surface area contributed by atoms with E-state index in [1.54, 1.807) is 24.5 Å². The Bertz CT molecular complexity index is 1420. The van der Waals surface area contributed by atoms with E-state index in [0.29, 0.717) is 55.6 Å². The van der Waals surface area contributed by atoms with E-state index in [4.69, 9.17) is 14.7 Å². The van der Waals surface area contributed by atoms with E-state index in [9.17, 15) is 13.2 Å². The van der Waals surface area contributed by atoms with E-state index < -0.39 is 14.6 Å². The number of benzene rings is 1. The maximum absolute atomic E-state index is 13.4. The molecule has 0 unspecified atom stereocenters. The van der Waals surface area contributed by atoms with E-state index in [-0.39, 0.29) is 23.9 Å². The number of amides is 2. The third-order valence-electron chi connectivity index (χ3n) is 7.43. The highest BCUT2D eigenvalue weighted by atomic mass is 32.2. The first-order valence-corrected chi connectivity index (χ1v) is 14.5. The number of hydrogen-bond acceptors (Lipinski definition) is 8. The third-order valence-corrected chi connectivity index (χ3v) is 10.5. The van der Waals surface area contributed by atoms with Gasteiger partial charge < -0.3 is 25.3 Å². The number of morpholine rings is 1. The largest absolute Gasteiger partial charge is 0.377 e. The summed E-state index contributed by atoms with van der Waals surface area (Å²) in [4.78, 5) is 31.1. The Morgan fingerprint density at radius 1 is 1.21 bits per heavy atom. The number of hydrogen-bond donors (Lipinski definition) is 3. The molecule has 2 aromatic heterocycles. The molecule has 1 atom stereocenters. The minimum absolute atomic E-state index is 0.112. The lowest BCUT2D eigenvalue weighted by molar-refractivity contribution is 0.0985. The number of aromatic nitrogens is 4. The van der Waals surface area contributed by atoms with Gasteiger partial charge in [-0.05, 0) is 56.9 Å². The van der Waals surface area contributed by atoms with Crippen LogP contribution in [0, 0.1) is 0 Å². The van der Waals surface area contributed by atoms with Crippen molar-refractivity contribution in [3.8, 4) is 11.4 Å². The molecular weight excluding hydrogens is 506 g/mol. The lowest BCUT2D eigenvalue weighted by Crippen LogP contribution is -2.44. The number of ether oxygens (including phenoxy) is 1. The summed E-state index contributed by atoms with van der Waals surface area (Å²) in [6, 6.07) is 8.87. The number of imidazole rings is 1. The van der Waals surface area contributed by atoms with Crippen LogP contribution in [0.1, 0.15) is 44.1 Å². The smallest absolute Gasteiger partial charge is 0.319 e. The molecule has 3 aromatic rings. The van der Waals surface area contributed by atoms with Gasteiger partial charge in [0.1, 0.15) is 16.4 Å². The van der Waals surface area contributed by atoms with Crippen molar-refractivity contribution in [3.63, 3.8) is 0 Å². The number of rotatable bonds is 8. The Morgan fingerprint density at radius 2 is 2.00 bits per heavy atom. The van der Waals surface area contributed by atoms with Crippen molar-refractivity contribution >= 4 is 27.4 Å². The predicted octanol–water partition coefficient (Wildman–Crippen LogP) is 2.98. The van der Waals surface area contributed by atoms with Gasteiger partial charge in [-0.25, -0.2) is 28.2 Å². The number of nitrogens with zero attached hydrogens (tertiary/aromatic N) is 4. The van der Waals surface area contributed by atoms with Crippen molar-refractivity contribution in [1.82, 2.24) is 25.3 Å². The molecule has 3 heterocycles. The standard InChI is InChI=1S/C26H31N7O4S/c1-17-16-37-13-12-33(17)23-14-21(26(8-9-26)38(35,36)20-6-7-20)31-24(32-23)18-2-4-19(5-3-18)30-25(34)29-15-22-27-10-11-28-22/h2-5,10-11,14,17,20H,6-9,12-13,15-16H2,1H3,(H,27,28)(H2,29,30,34)/t17-/m0/s1. The molecule has 0 radical (unpaired) electrons. The second-order valence-corrected chi connectivity index (χ2v) is 12.8. The first kappa shape index (κ1) is 24.8. The lowest BCUT2D eigenvalue weighted by Gasteiger charge is -2.34. The van der Waals surface area contributed by atoms with Gasteiger partial charge in [-0.15, -0.1) is 0 Å².